The summed E-state index contributed by atoms with van der Waals surface area (Å²) in [5.41, 5.74) is 5.31. The molecule has 0 unspecified atom stereocenters. The Morgan fingerprint density at radius 1 is 1.09 bits per heavy atom. The Balaban J connectivity index is 1.14. The summed E-state index contributed by atoms with van der Waals surface area (Å²) >= 11 is 1.62. The number of rotatable bonds is 6. The van der Waals surface area contributed by atoms with E-state index in [1.165, 1.54) is 5.56 Å². The van der Waals surface area contributed by atoms with E-state index in [4.69, 9.17) is 0 Å². The highest BCUT2D eigenvalue weighted by atomic mass is 32.1. The first-order valence-corrected chi connectivity index (χ1v) is 12.8. The zero-order chi connectivity index (χ0) is 23.3. The van der Waals surface area contributed by atoms with Gasteiger partial charge in [0.25, 0.3) is 5.91 Å². The van der Waals surface area contributed by atoms with Crippen molar-refractivity contribution in [1.82, 2.24) is 14.9 Å². The van der Waals surface area contributed by atoms with Crippen molar-refractivity contribution in [3.8, 4) is 11.3 Å². The molecule has 5 nitrogen and oxygen atoms in total. The van der Waals surface area contributed by atoms with Gasteiger partial charge in [-0.15, -0.1) is 11.3 Å². The third-order valence-electron chi connectivity index (χ3n) is 7.63. The smallest absolute Gasteiger partial charge is 0.254 e. The van der Waals surface area contributed by atoms with Crippen molar-refractivity contribution in [2.75, 3.05) is 0 Å². The van der Waals surface area contributed by atoms with Crippen LogP contribution in [0.3, 0.4) is 0 Å². The van der Waals surface area contributed by atoms with Crippen molar-refractivity contribution in [3.05, 3.63) is 77.4 Å². The van der Waals surface area contributed by atoms with Gasteiger partial charge in [0.1, 0.15) is 5.78 Å². The highest BCUT2D eigenvalue weighted by molar-refractivity contribution is 7.17. The van der Waals surface area contributed by atoms with Crippen LogP contribution < -0.4 is 5.32 Å². The molecule has 34 heavy (non-hydrogen) atoms. The van der Waals surface area contributed by atoms with E-state index in [9.17, 15) is 9.59 Å². The molecule has 0 radical (unpaired) electrons. The number of aromatic nitrogens is 2. The van der Waals surface area contributed by atoms with Gasteiger partial charge in [-0.25, -0.2) is 0 Å². The van der Waals surface area contributed by atoms with Gasteiger partial charge in [-0.1, -0.05) is 30.3 Å². The summed E-state index contributed by atoms with van der Waals surface area (Å²) in [5.74, 6) is 0.569. The van der Waals surface area contributed by atoms with Crippen molar-refractivity contribution in [2.24, 2.45) is 11.3 Å². The zero-order valence-corrected chi connectivity index (χ0v) is 20.0. The number of amides is 1. The molecule has 172 valence electrons. The van der Waals surface area contributed by atoms with Gasteiger partial charge in [0, 0.05) is 41.8 Å². The fraction of sp³-hybridized carbons (Fsp3) is 0.321. The largest absolute Gasteiger partial charge is 0.349 e. The summed E-state index contributed by atoms with van der Waals surface area (Å²) in [4.78, 5) is 29.1. The maximum absolute atomic E-state index is 13.1. The van der Waals surface area contributed by atoms with E-state index in [-0.39, 0.29) is 17.9 Å². The number of ketones is 1. The minimum atomic E-state index is 0.0130. The number of nitrogens with one attached hydrogen (secondary N) is 1. The average Bonchev–Trinajstić information content (AvgIpc) is 3.38. The van der Waals surface area contributed by atoms with Gasteiger partial charge in [-0.3, -0.25) is 14.6 Å². The Morgan fingerprint density at radius 2 is 1.88 bits per heavy atom. The molecular formula is C28H27N3O2S. The van der Waals surface area contributed by atoms with Crippen LogP contribution in [0.2, 0.25) is 0 Å². The second-order valence-corrected chi connectivity index (χ2v) is 10.9. The first-order valence-electron chi connectivity index (χ1n) is 11.9. The second-order valence-electron chi connectivity index (χ2n) is 10.0. The monoisotopic (exact) mass is 469 g/mol. The van der Waals surface area contributed by atoms with Crippen LogP contribution in [-0.2, 0) is 11.3 Å². The number of pyridine rings is 1. The van der Waals surface area contributed by atoms with Crippen LogP contribution in [0.25, 0.3) is 21.5 Å². The van der Waals surface area contributed by atoms with Gasteiger partial charge in [0.2, 0.25) is 0 Å². The van der Waals surface area contributed by atoms with Crippen LogP contribution in [0, 0.1) is 11.3 Å². The number of Topliss-reactive ketones (excluding diaryl/α,β-unsaturated/α-hetero) is 1. The Bertz CT molecular complexity index is 1360. The lowest BCUT2D eigenvalue weighted by molar-refractivity contribution is -0.134. The summed E-state index contributed by atoms with van der Waals surface area (Å²) < 4.78 is 3.30. The van der Waals surface area contributed by atoms with Gasteiger partial charge < -0.3 is 9.88 Å². The molecule has 2 aliphatic carbocycles. The molecule has 3 aromatic heterocycles. The second kappa shape index (κ2) is 8.20. The minimum absolute atomic E-state index is 0.0130. The summed E-state index contributed by atoms with van der Waals surface area (Å²) in [6.07, 6.45) is 7.87. The van der Waals surface area contributed by atoms with Gasteiger partial charge >= 0.3 is 0 Å². The van der Waals surface area contributed by atoms with Gasteiger partial charge in [-0.2, -0.15) is 0 Å². The maximum atomic E-state index is 13.1. The van der Waals surface area contributed by atoms with Crippen molar-refractivity contribution >= 4 is 33.2 Å². The molecule has 0 saturated heterocycles. The number of nitrogens with zero attached hydrogens (tertiary/aromatic N) is 2. The van der Waals surface area contributed by atoms with Crippen LogP contribution >= 0.6 is 11.3 Å². The van der Waals surface area contributed by atoms with Gasteiger partial charge in [0.15, 0.2) is 0 Å². The van der Waals surface area contributed by atoms with E-state index >= 15 is 0 Å². The Kier molecular flexibility index (Phi) is 5.14. The molecule has 2 aliphatic rings. The van der Waals surface area contributed by atoms with E-state index in [1.54, 1.807) is 24.5 Å². The molecule has 0 aliphatic heterocycles. The standard InChI is InChI=1S/C28H27N3O2S/c1-18(32)21-12-28(13-21)14-22(15-28)30-27(33)23-17-34-25-9-11-31(26(23)25)16-19-5-7-20(8-6-19)24-4-2-3-10-29-24/h2-11,17,21-22H,12-16H2,1H3,(H,30,33). The normalized spacial score (nSPS) is 23.4. The fourth-order valence-corrected chi connectivity index (χ4v) is 6.72. The minimum Gasteiger partial charge on any atom is -0.349 e. The summed E-state index contributed by atoms with van der Waals surface area (Å²) in [6.45, 7) is 2.41. The molecule has 4 aromatic rings. The highest BCUT2D eigenvalue weighted by Crippen LogP contribution is 2.58. The Hall–Kier alpha value is -3.25. The van der Waals surface area contributed by atoms with E-state index in [2.05, 4.69) is 51.4 Å². The molecule has 6 heteroatoms. The van der Waals surface area contributed by atoms with Crippen LogP contribution in [0.15, 0.2) is 66.3 Å². The Labute approximate surface area is 202 Å². The molecule has 0 atom stereocenters. The van der Waals surface area contributed by atoms with Gasteiger partial charge in [0.05, 0.1) is 21.5 Å². The van der Waals surface area contributed by atoms with Crippen LogP contribution in [-0.4, -0.2) is 27.3 Å². The third-order valence-corrected chi connectivity index (χ3v) is 8.56. The van der Waals surface area contributed by atoms with E-state index in [0.717, 1.165) is 52.7 Å². The van der Waals surface area contributed by atoms with Crippen molar-refractivity contribution in [2.45, 2.75) is 45.2 Å². The zero-order valence-electron chi connectivity index (χ0n) is 19.2. The molecule has 1 aromatic carbocycles. The third kappa shape index (κ3) is 3.76. The summed E-state index contributed by atoms with van der Waals surface area (Å²) in [5, 5.41) is 5.22. The number of carbonyl (C=O) groups excluding carboxylic acids is 2. The molecule has 3 heterocycles. The summed E-state index contributed by atoms with van der Waals surface area (Å²) in [6, 6.07) is 16.7. The van der Waals surface area contributed by atoms with Gasteiger partial charge in [-0.05, 0) is 61.8 Å². The Morgan fingerprint density at radius 3 is 2.59 bits per heavy atom. The van der Waals surface area contributed by atoms with E-state index in [0.29, 0.717) is 17.7 Å². The number of fused-ring (bicyclic) bond motifs is 1. The predicted molar refractivity (Wildman–Crippen MR) is 135 cm³/mol. The molecule has 2 saturated carbocycles. The number of carbonyl (C=O) groups is 2. The first kappa shape index (κ1) is 21.3. The molecular weight excluding hydrogens is 442 g/mol. The van der Waals surface area contributed by atoms with Crippen LogP contribution in [0.4, 0.5) is 0 Å². The molecule has 2 fully saturated rings. The van der Waals surface area contributed by atoms with Crippen LogP contribution in [0.1, 0.15) is 48.5 Å². The lowest BCUT2D eigenvalue weighted by atomic mass is 9.49. The highest BCUT2D eigenvalue weighted by Gasteiger charge is 2.54. The van der Waals surface area contributed by atoms with E-state index in [1.807, 2.05) is 23.6 Å². The number of thiophene rings is 1. The molecule has 1 amide bonds. The lowest BCUT2D eigenvalue weighted by Crippen LogP contribution is -2.57. The number of hydrogen-bond donors (Lipinski definition) is 1. The topological polar surface area (TPSA) is 64.0 Å². The quantitative estimate of drug-likeness (QED) is 0.394. The van der Waals surface area contributed by atoms with Crippen molar-refractivity contribution in [3.63, 3.8) is 0 Å². The van der Waals surface area contributed by atoms with Crippen LogP contribution in [0.5, 0.6) is 0 Å². The number of hydrogen-bond acceptors (Lipinski definition) is 4. The average molecular weight is 470 g/mol. The summed E-state index contributed by atoms with van der Waals surface area (Å²) in [7, 11) is 0. The number of benzene rings is 1. The fourth-order valence-electron chi connectivity index (χ4n) is 5.77. The van der Waals surface area contributed by atoms with Crippen molar-refractivity contribution < 1.29 is 9.59 Å². The van der Waals surface area contributed by atoms with E-state index < -0.39 is 0 Å². The predicted octanol–water partition coefficient (Wildman–Crippen LogP) is 5.69. The maximum Gasteiger partial charge on any atom is 0.254 e. The van der Waals surface area contributed by atoms with Crippen molar-refractivity contribution in [1.29, 1.82) is 0 Å². The molecule has 1 N–H and O–H groups in total. The lowest BCUT2D eigenvalue weighted by Gasteiger charge is -2.57. The molecule has 6 rings (SSSR count). The molecule has 0 bridgehead atoms. The molecule has 1 spiro atoms. The SMILES string of the molecule is CC(=O)C1CC2(CC(NC(=O)c3csc4ccn(Cc5ccc(-c6ccccn6)cc5)c34)C2)C1. The first-order chi connectivity index (χ1) is 16.5.